The van der Waals surface area contributed by atoms with Gasteiger partial charge in [0.15, 0.2) is 6.10 Å². The van der Waals surface area contributed by atoms with Gasteiger partial charge in [-0.05, 0) is 37.6 Å². The van der Waals surface area contributed by atoms with E-state index in [1.165, 1.54) is 33.3 Å². The largest absolute Gasteiger partial charge is 0.497 e. The number of ether oxygens (including phenoxy) is 3. The Hall–Kier alpha value is -3.02. The molecule has 0 radical (unpaired) electrons. The molecule has 0 unspecified atom stereocenters. The molecule has 2 aromatic carbocycles. The number of amides is 1. The molecule has 0 aromatic heterocycles. The fourth-order valence-corrected chi connectivity index (χ4v) is 2.15. The molecule has 1 amide bonds. The van der Waals surface area contributed by atoms with Crippen LogP contribution >= 0.6 is 0 Å². The summed E-state index contributed by atoms with van der Waals surface area (Å²) in [6.07, 6.45) is -0.954. The summed E-state index contributed by atoms with van der Waals surface area (Å²) < 4.78 is 15.5. The molecule has 0 saturated heterocycles. The summed E-state index contributed by atoms with van der Waals surface area (Å²) in [5, 5.41) is 2.75. The van der Waals surface area contributed by atoms with Gasteiger partial charge in [-0.25, -0.2) is 4.79 Å². The number of rotatable bonds is 6. The van der Waals surface area contributed by atoms with Crippen LogP contribution < -0.4 is 14.8 Å². The van der Waals surface area contributed by atoms with E-state index in [9.17, 15) is 9.59 Å². The number of nitrogens with one attached hydrogen (secondary N) is 1. The molecule has 2 rings (SSSR count). The lowest BCUT2D eigenvalue weighted by atomic mass is 10.2. The monoisotopic (exact) mass is 343 g/mol. The number of benzene rings is 2. The van der Waals surface area contributed by atoms with E-state index in [4.69, 9.17) is 14.2 Å². The van der Waals surface area contributed by atoms with Crippen molar-refractivity contribution in [3.63, 3.8) is 0 Å². The molecule has 1 atom stereocenters. The molecule has 0 bridgehead atoms. The molecule has 0 aliphatic heterocycles. The second kappa shape index (κ2) is 8.19. The predicted molar refractivity (Wildman–Crippen MR) is 94.2 cm³/mol. The second-order valence-electron chi connectivity index (χ2n) is 5.45. The van der Waals surface area contributed by atoms with Crippen LogP contribution in [0.5, 0.6) is 11.5 Å². The molecule has 0 aliphatic carbocycles. The van der Waals surface area contributed by atoms with Crippen LogP contribution in [0.2, 0.25) is 0 Å². The Morgan fingerprint density at radius 2 is 1.60 bits per heavy atom. The van der Waals surface area contributed by atoms with Gasteiger partial charge < -0.3 is 19.5 Å². The van der Waals surface area contributed by atoms with Crippen molar-refractivity contribution in [2.24, 2.45) is 0 Å². The number of carbonyl (C=O) groups is 2. The van der Waals surface area contributed by atoms with Crippen molar-refractivity contribution >= 4 is 17.6 Å². The number of carbonyl (C=O) groups excluding carboxylic acids is 2. The fraction of sp³-hybridized carbons (Fsp3) is 0.263. The Labute approximate surface area is 146 Å². The van der Waals surface area contributed by atoms with Crippen LogP contribution in [-0.4, -0.2) is 32.2 Å². The Balaban J connectivity index is 2.07. The van der Waals surface area contributed by atoms with Gasteiger partial charge >= 0.3 is 5.97 Å². The number of aryl methyl sites for hydroxylation is 1. The molecule has 2 aromatic rings. The van der Waals surface area contributed by atoms with Crippen molar-refractivity contribution in [2.75, 3.05) is 19.5 Å². The lowest BCUT2D eigenvalue weighted by Gasteiger charge is -2.15. The van der Waals surface area contributed by atoms with E-state index in [-0.39, 0.29) is 5.56 Å². The van der Waals surface area contributed by atoms with Crippen molar-refractivity contribution in [2.45, 2.75) is 20.0 Å². The standard InChI is InChI=1S/C19H21NO5/c1-12-7-5-6-8-17(12)20-18(21)13(2)25-19(22)14-9-15(23-3)11-16(10-14)24-4/h5-11,13H,1-4H3,(H,20,21)/t13-/m0/s1. The third-order valence-corrected chi connectivity index (χ3v) is 3.64. The van der Waals surface area contributed by atoms with Crippen LogP contribution in [0.25, 0.3) is 0 Å². The van der Waals surface area contributed by atoms with E-state index in [1.54, 1.807) is 12.1 Å². The molecule has 0 spiro atoms. The van der Waals surface area contributed by atoms with Crippen molar-refractivity contribution < 1.29 is 23.8 Å². The maximum atomic E-state index is 12.3. The summed E-state index contributed by atoms with van der Waals surface area (Å²) >= 11 is 0. The summed E-state index contributed by atoms with van der Waals surface area (Å²) in [6.45, 7) is 3.40. The Morgan fingerprint density at radius 3 is 2.16 bits per heavy atom. The van der Waals surface area contributed by atoms with E-state index in [0.717, 1.165) is 5.56 Å². The molecule has 132 valence electrons. The topological polar surface area (TPSA) is 73.9 Å². The number of methoxy groups -OCH3 is 2. The molecule has 0 saturated carbocycles. The molecule has 6 nitrogen and oxygen atoms in total. The van der Waals surface area contributed by atoms with Gasteiger partial charge in [0.25, 0.3) is 5.91 Å². The third kappa shape index (κ3) is 4.73. The van der Waals surface area contributed by atoms with Crippen molar-refractivity contribution in [1.82, 2.24) is 0 Å². The minimum Gasteiger partial charge on any atom is -0.497 e. The average molecular weight is 343 g/mol. The number of hydrogen-bond donors (Lipinski definition) is 1. The first kappa shape index (κ1) is 18.3. The summed E-state index contributed by atoms with van der Waals surface area (Å²) in [5.74, 6) is -0.117. The Morgan fingerprint density at radius 1 is 1.00 bits per heavy atom. The van der Waals surface area contributed by atoms with Gasteiger partial charge in [-0.3, -0.25) is 4.79 Å². The Bertz CT molecular complexity index is 750. The van der Waals surface area contributed by atoms with Gasteiger partial charge in [0.05, 0.1) is 19.8 Å². The van der Waals surface area contributed by atoms with Gasteiger partial charge in [-0.15, -0.1) is 0 Å². The molecule has 25 heavy (non-hydrogen) atoms. The number of esters is 1. The normalized spacial score (nSPS) is 11.4. The molecule has 1 N–H and O–H groups in total. The average Bonchev–Trinajstić information content (AvgIpc) is 2.62. The van der Waals surface area contributed by atoms with Crippen LogP contribution in [0.15, 0.2) is 42.5 Å². The maximum absolute atomic E-state index is 12.3. The lowest BCUT2D eigenvalue weighted by molar-refractivity contribution is -0.123. The van der Waals surface area contributed by atoms with Gasteiger partial charge in [0.2, 0.25) is 0 Å². The SMILES string of the molecule is COc1cc(OC)cc(C(=O)O[C@@H](C)C(=O)Nc2ccccc2C)c1. The van der Waals surface area contributed by atoms with Crippen LogP contribution in [0.3, 0.4) is 0 Å². The number of anilines is 1. The summed E-state index contributed by atoms with van der Waals surface area (Å²) in [6, 6.07) is 12.1. The van der Waals surface area contributed by atoms with Crippen LogP contribution in [0.4, 0.5) is 5.69 Å². The van der Waals surface area contributed by atoms with E-state index < -0.39 is 18.0 Å². The smallest absolute Gasteiger partial charge is 0.339 e. The highest BCUT2D eigenvalue weighted by atomic mass is 16.5. The van der Waals surface area contributed by atoms with Crippen LogP contribution in [0, 0.1) is 6.92 Å². The second-order valence-corrected chi connectivity index (χ2v) is 5.45. The summed E-state index contributed by atoms with van der Waals surface area (Å²) in [5.41, 5.74) is 1.84. The first-order chi connectivity index (χ1) is 11.9. The van der Waals surface area contributed by atoms with Gasteiger partial charge in [0.1, 0.15) is 11.5 Å². The van der Waals surface area contributed by atoms with Crippen LogP contribution in [0.1, 0.15) is 22.8 Å². The van der Waals surface area contributed by atoms with Crippen LogP contribution in [-0.2, 0) is 9.53 Å². The predicted octanol–water partition coefficient (Wildman–Crippen LogP) is 3.20. The zero-order valence-electron chi connectivity index (χ0n) is 14.7. The lowest BCUT2D eigenvalue weighted by Crippen LogP contribution is -2.30. The van der Waals surface area contributed by atoms with Crippen molar-refractivity contribution in [3.05, 3.63) is 53.6 Å². The molecular formula is C19H21NO5. The number of hydrogen-bond acceptors (Lipinski definition) is 5. The third-order valence-electron chi connectivity index (χ3n) is 3.64. The summed E-state index contributed by atoms with van der Waals surface area (Å²) in [4.78, 5) is 24.5. The quantitative estimate of drug-likeness (QED) is 0.816. The highest BCUT2D eigenvalue weighted by Crippen LogP contribution is 2.23. The minimum absolute atomic E-state index is 0.242. The maximum Gasteiger partial charge on any atom is 0.339 e. The van der Waals surface area contributed by atoms with E-state index >= 15 is 0 Å². The molecule has 0 fully saturated rings. The first-order valence-corrected chi connectivity index (χ1v) is 7.75. The van der Waals surface area contributed by atoms with E-state index in [2.05, 4.69) is 5.32 Å². The summed E-state index contributed by atoms with van der Waals surface area (Å²) in [7, 11) is 2.98. The molecule has 0 heterocycles. The minimum atomic E-state index is -0.954. The highest BCUT2D eigenvalue weighted by molar-refractivity contribution is 5.98. The van der Waals surface area contributed by atoms with E-state index in [1.807, 2.05) is 25.1 Å². The highest BCUT2D eigenvalue weighted by Gasteiger charge is 2.20. The zero-order chi connectivity index (χ0) is 18.4. The van der Waals surface area contributed by atoms with Gasteiger partial charge in [-0.1, -0.05) is 18.2 Å². The molecule has 0 aliphatic rings. The van der Waals surface area contributed by atoms with Crippen molar-refractivity contribution in [1.29, 1.82) is 0 Å². The zero-order valence-corrected chi connectivity index (χ0v) is 14.7. The van der Waals surface area contributed by atoms with E-state index in [0.29, 0.717) is 17.2 Å². The van der Waals surface area contributed by atoms with Gasteiger partial charge in [0, 0.05) is 11.8 Å². The Kier molecular flexibility index (Phi) is 6.00. The fourth-order valence-electron chi connectivity index (χ4n) is 2.15. The number of para-hydroxylation sites is 1. The first-order valence-electron chi connectivity index (χ1n) is 7.75. The van der Waals surface area contributed by atoms with Gasteiger partial charge in [-0.2, -0.15) is 0 Å². The molecular weight excluding hydrogens is 322 g/mol. The molecule has 6 heteroatoms. The van der Waals surface area contributed by atoms with Crippen molar-refractivity contribution in [3.8, 4) is 11.5 Å².